The van der Waals surface area contributed by atoms with Crippen molar-refractivity contribution in [1.82, 2.24) is 9.97 Å². The molecule has 0 spiro atoms. The quantitative estimate of drug-likeness (QED) is 0.359. The lowest BCUT2D eigenvalue weighted by Gasteiger charge is -2.25. The molecule has 0 bridgehead atoms. The first-order valence-electron chi connectivity index (χ1n) is 11.1. The molecule has 0 amide bonds. The highest BCUT2D eigenvalue weighted by Gasteiger charge is 2.34. The summed E-state index contributed by atoms with van der Waals surface area (Å²) in [4.78, 5) is 21.3. The zero-order valence-corrected chi connectivity index (χ0v) is 19.1. The maximum atomic E-state index is 12.4. The molecule has 0 aliphatic carbocycles. The van der Waals surface area contributed by atoms with Crippen molar-refractivity contribution in [3.05, 3.63) is 108 Å². The maximum absolute atomic E-state index is 12.4. The molecule has 0 aliphatic heterocycles. The fourth-order valence-corrected chi connectivity index (χ4v) is 3.87. The Bertz CT molecular complexity index is 1190. The van der Waals surface area contributed by atoms with Gasteiger partial charge in [-0.2, -0.15) is 4.98 Å². The largest absolute Gasteiger partial charge is 0.494 e. The Kier molecular flexibility index (Phi) is 7.18. The topological polar surface area (TPSA) is 81.5 Å². The third kappa shape index (κ3) is 5.41. The summed E-state index contributed by atoms with van der Waals surface area (Å²) in [6.45, 7) is 4.35. The molecule has 6 heteroatoms. The predicted molar refractivity (Wildman–Crippen MR) is 130 cm³/mol. The van der Waals surface area contributed by atoms with E-state index in [2.05, 4.69) is 9.97 Å². The molecular formula is C28H26N2O4. The van der Waals surface area contributed by atoms with Gasteiger partial charge in [-0.15, -0.1) is 0 Å². The minimum Gasteiger partial charge on any atom is -0.494 e. The molecular weight excluding hydrogens is 428 g/mol. The van der Waals surface area contributed by atoms with Crippen LogP contribution < -0.4 is 9.47 Å². The van der Waals surface area contributed by atoms with E-state index in [9.17, 15) is 9.90 Å². The molecule has 1 atom stereocenters. The van der Waals surface area contributed by atoms with Gasteiger partial charge in [0.15, 0.2) is 0 Å². The van der Waals surface area contributed by atoms with Gasteiger partial charge in [0, 0.05) is 11.3 Å². The Morgan fingerprint density at radius 3 is 2.00 bits per heavy atom. The number of hydrogen-bond donors (Lipinski definition) is 1. The molecule has 4 aromatic rings. The molecule has 1 unspecified atom stereocenters. The van der Waals surface area contributed by atoms with E-state index >= 15 is 0 Å². The van der Waals surface area contributed by atoms with Gasteiger partial charge in [-0.25, -0.2) is 9.78 Å². The number of carbonyl (C=O) groups is 1. The molecule has 172 valence electrons. The zero-order valence-electron chi connectivity index (χ0n) is 19.1. The van der Waals surface area contributed by atoms with Crippen LogP contribution in [0.25, 0.3) is 11.3 Å². The zero-order chi connectivity index (χ0) is 23.9. The van der Waals surface area contributed by atoms with E-state index < -0.39 is 18.0 Å². The summed E-state index contributed by atoms with van der Waals surface area (Å²) in [6, 6.07) is 28.4. The third-order valence-corrected chi connectivity index (χ3v) is 5.39. The van der Waals surface area contributed by atoms with E-state index in [1.807, 2.05) is 105 Å². The molecule has 1 aromatic heterocycles. The molecule has 0 aliphatic rings. The second kappa shape index (κ2) is 10.6. The van der Waals surface area contributed by atoms with Gasteiger partial charge in [0.2, 0.25) is 6.10 Å². The van der Waals surface area contributed by atoms with Crippen LogP contribution >= 0.6 is 0 Å². The normalized spacial score (nSPS) is 11.7. The van der Waals surface area contributed by atoms with Gasteiger partial charge >= 0.3 is 12.0 Å². The van der Waals surface area contributed by atoms with Crippen molar-refractivity contribution in [1.29, 1.82) is 0 Å². The van der Waals surface area contributed by atoms with Crippen LogP contribution in [0.5, 0.6) is 11.8 Å². The van der Waals surface area contributed by atoms with Gasteiger partial charge in [0.05, 0.1) is 18.2 Å². The van der Waals surface area contributed by atoms with Gasteiger partial charge in [-0.3, -0.25) is 0 Å². The van der Waals surface area contributed by atoms with Gasteiger partial charge < -0.3 is 14.6 Å². The minimum absolute atomic E-state index is 0.0214. The monoisotopic (exact) mass is 454 g/mol. The van der Waals surface area contributed by atoms with E-state index in [4.69, 9.17) is 9.47 Å². The van der Waals surface area contributed by atoms with Crippen LogP contribution in [0.4, 0.5) is 0 Å². The third-order valence-electron chi connectivity index (χ3n) is 5.39. The predicted octanol–water partition coefficient (Wildman–Crippen LogP) is 5.51. The lowest BCUT2D eigenvalue weighted by molar-refractivity contribution is -0.146. The lowest BCUT2D eigenvalue weighted by atomic mass is 9.86. The van der Waals surface area contributed by atoms with Crippen LogP contribution in [0.1, 0.15) is 29.7 Å². The highest BCUT2D eigenvalue weighted by atomic mass is 16.5. The molecule has 3 aromatic carbocycles. The first-order chi connectivity index (χ1) is 16.5. The number of hydrogen-bond acceptors (Lipinski definition) is 5. The highest BCUT2D eigenvalue weighted by Crippen LogP contribution is 2.31. The molecule has 4 rings (SSSR count). The number of rotatable bonds is 9. The first-order valence-corrected chi connectivity index (χ1v) is 11.1. The Balaban J connectivity index is 1.70. The average molecular weight is 455 g/mol. The van der Waals surface area contributed by atoms with Gasteiger partial charge in [-0.05, 0) is 55.3 Å². The smallest absolute Gasteiger partial charge is 0.346 e. The van der Waals surface area contributed by atoms with Crippen molar-refractivity contribution in [3.63, 3.8) is 0 Å². The van der Waals surface area contributed by atoms with Gasteiger partial charge in [0.1, 0.15) is 5.75 Å². The number of aromatic nitrogens is 2. The fraction of sp³-hybridized carbons (Fsp3) is 0.179. The van der Waals surface area contributed by atoms with Crippen LogP contribution in [-0.4, -0.2) is 33.8 Å². The van der Waals surface area contributed by atoms with Crippen molar-refractivity contribution < 1.29 is 19.4 Å². The molecule has 1 N–H and O–H groups in total. The number of ether oxygens (including phenoxy) is 2. The van der Waals surface area contributed by atoms with Crippen molar-refractivity contribution in [2.24, 2.45) is 0 Å². The van der Waals surface area contributed by atoms with Crippen molar-refractivity contribution in [3.8, 4) is 23.0 Å². The van der Waals surface area contributed by atoms with Gasteiger partial charge in [-0.1, -0.05) is 60.7 Å². The fourth-order valence-electron chi connectivity index (χ4n) is 3.87. The summed E-state index contributed by atoms with van der Waals surface area (Å²) in [6.07, 6.45) is -1.22. The van der Waals surface area contributed by atoms with Gasteiger partial charge in [0.25, 0.3) is 0 Å². The molecule has 1 heterocycles. The number of carboxylic acids is 1. The van der Waals surface area contributed by atoms with E-state index in [0.29, 0.717) is 18.0 Å². The van der Waals surface area contributed by atoms with Crippen molar-refractivity contribution in [2.75, 3.05) is 6.61 Å². The Hall–Kier alpha value is -4.19. The summed E-state index contributed by atoms with van der Waals surface area (Å²) < 4.78 is 11.5. The number of carboxylic acid groups (broad SMARTS) is 1. The Morgan fingerprint density at radius 2 is 1.47 bits per heavy atom. The number of nitrogens with zero attached hydrogens (tertiary/aromatic N) is 2. The van der Waals surface area contributed by atoms with Crippen LogP contribution in [0, 0.1) is 6.92 Å². The molecule has 0 saturated heterocycles. The maximum Gasteiger partial charge on any atom is 0.346 e. The molecule has 0 radical (unpaired) electrons. The summed E-state index contributed by atoms with van der Waals surface area (Å²) in [7, 11) is 0. The molecule has 34 heavy (non-hydrogen) atoms. The second-order valence-corrected chi connectivity index (χ2v) is 7.81. The molecule has 0 saturated carbocycles. The average Bonchev–Trinajstić information content (AvgIpc) is 2.85. The Labute approximate surface area is 198 Å². The van der Waals surface area contributed by atoms with E-state index in [1.165, 1.54) is 0 Å². The van der Waals surface area contributed by atoms with Crippen molar-refractivity contribution in [2.45, 2.75) is 25.9 Å². The number of aliphatic carboxylic acids is 1. The first kappa shape index (κ1) is 23.0. The molecule has 6 nitrogen and oxygen atoms in total. The van der Waals surface area contributed by atoms with E-state index in [0.717, 1.165) is 22.4 Å². The highest BCUT2D eigenvalue weighted by molar-refractivity contribution is 5.75. The van der Waals surface area contributed by atoms with Crippen molar-refractivity contribution >= 4 is 5.97 Å². The number of aryl methyl sites for hydroxylation is 1. The molecule has 0 fully saturated rings. The summed E-state index contributed by atoms with van der Waals surface area (Å²) >= 11 is 0. The van der Waals surface area contributed by atoms with E-state index in [-0.39, 0.29) is 6.01 Å². The summed E-state index contributed by atoms with van der Waals surface area (Å²) in [5, 5.41) is 10.2. The van der Waals surface area contributed by atoms with Crippen LogP contribution in [0.15, 0.2) is 91.0 Å². The standard InChI is InChI=1S/C28H26N2O4/c1-3-33-23-16-14-20(15-17-23)24-18-19(2)29-28(30-24)34-26(27(31)32)25(21-10-6-4-7-11-21)22-12-8-5-9-13-22/h4-18,25-26H,3H2,1-2H3,(H,31,32). The van der Waals surface area contributed by atoms with Crippen LogP contribution in [0.2, 0.25) is 0 Å². The Morgan fingerprint density at radius 1 is 0.882 bits per heavy atom. The minimum atomic E-state index is -1.22. The number of benzene rings is 3. The summed E-state index contributed by atoms with van der Waals surface area (Å²) in [5.74, 6) is -0.864. The van der Waals surface area contributed by atoms with E-state index in [1.54, 1.807) is 0 Å². The second-order valence-electron chi connectivity index (χ2n) is 7.81. The lowest BCUT2D eigenvalue weighted by Crippen LogP contribution is -2.35. The van der Waals surface area contributed by atoms with Crippen LogP contribution in [0.3, 0.4) is 0 Å². The SMILES string of the molecule is CCOc1ccc(-c2cc(C)nc(OC(C(=O)O)C(c3ccccc3)c3ccccc3)n2)cc1. The summed E-state index contributed by atoms with van der Waals surface area (Å²) in [5.41, 5.74) is 3.84. The van der Waals surface area contributed by atoms with Crippen LogP contribution in [-0.2, 0) is 4.79 Å².